The van der Waals surface area contributed by atoms with Crippen LogP contribution in [0.2, 0.25) is 0 Å². The monoisotopic (exact) mass is 2120 g/mol. The number of nitrogens with zero attached hydrogens (tertiary/aromatic N) is 29. The van der Waals surface area contributed by atoms with Gasteiger partial charge in [-0.1, -0.05) is 13.8 Å². The quantitative estimate of drug-likeness (QED) is 0.0324. The first-order valence-corrected chi connectivity index (χ1v) is 57.2. The molecule has 8 aromatic heterocycles. The molecule has 8 aromatic rings. The van der Waals surface area contributed by atoms with Crippen LogP contribution in [-0.2, 0) is 96.8 Å². The molecule has 7 aliphatic heterocycles. The highest BCUT2D eigenvalue weighted by molar-refractivity contribution is 7.57. The number of imidazole rings is 4. The van der Waals surface area contributed by atoms with E-state index in [4.69, 9.17) is 87.8 Å². The van der Waals surface area contributed by atoms with E-state index in [-0.39, 0.29) is 174 Å². The van der Waals surface area contributed by atoms with Crippen LogP contribution in [0.4, 0.5) is 23.4 Å². The first-order chi connectivity index (χ1) is 66.5. The Morgan fingerprint density at radius 1 is 0.333 bits per heavy atom. The Bertz CT molecular complexity index is 6090. The zero-order valence-electron chi connectivity index (χ0n) is 83.5. The zero-order valence-corrected chi connectivity index (χ0v) is 89.8. The molecule has 0 spiro atoms. The van der Waals surface area contributed by atoms with Crippen molar-refractivity contribution in [2.75, 3.05) is 259 Å². The number of aromatic nitrogens is 16. The molecule has 7 saturated heterocycles. The average molecular weight is 2120 g/mol. The Morgan fingerprint density at radius 2 is 0.589 bits per heavy atom. The van der Waals surface area contributed by atoms with Crippen molar-refractivity contribution in [3.05, 3.63) is 54.6 Å². The molecule has 7 aliphatic rings. The molecule has 0 aromatic carbocycles. The minimum Gasteiger partial charge on any atom is -0.382 e. The van der Waals surface area contributed by atoms with Gasteiger partial charge in [0.05, 0.1) is 159 Å². The van der Waals surface area contributed by atoms with Crippen molar-refractivity contribution >= 4 is 122 Å². The van der Waals surface area contributed by atoms with E-state index in [1.54, 1.807) is 171 Å². The highest BCUT2D eigenvalue weighted by atomic mass is 31.2. The Labute approximate surface area is 818 Å². The van der Waals surface area contributed by atoms with E-state index < -0.39 is 158 Å². The first-order valence-electron chi connectivity index (χ1n) is 46.4. The van der Waals surface area contributed by atoms with Gasteiger partial charge in [-0.05, 0) is 133 Å². The molecule has 15 rings (SSSR count). The van der Waals surface area contributed by atoms with Gasteiger partial charge in [-0.15, -0.1) is 0 Å². The van der Waals surface area contributed by atoms with E-state index in [0.29, 0.717) is 23.4 Å². The van der Waals surface area contributed by atoms with Crippen molar-refractivity contribution in [2.45, 2.75) is 146 Å². The summed E-state index contributed by atoms with van der Waals surface area (Å²) in [5, 5.41) is 0. The van der Waals surface area contributed by atoms with E-state index >= 15 is 27.4 Å². The van der Waals surface area contributed by atoms with Crippen LogP contribution >= 0.6 is 53.5 Å². The SMILES string of the molecule is CC(C)N1C[C@@H](COP(=O)(N(C)C)N2C[C@@H](COP(=O)(N(C)C)N3C[C@@H](COP(=O)(N(C)C)N4C[C@@H](COP(=O)(N(C)C)N5C[C@@H](COP(=O)(N(C)C)N6C[C@@H](COP(=O)(N(C)C)N7C[C@@H](COP(=O)(C(C)C)N(C)C)O[C@@H](n8cnc9c(N)ncnc98)C7)O[C@@H](n7cnc8c(=O)[nH]c(N)nc87)C6)O[C@@H](C)C5)O[C@@H](n5cnc6c(N)ncnc65)C4)O[C@@H](n4cnc5c(N)ncnc54)C3)O[C@@H](C)C2)O[C@@H](C)C1. The van der Waals surface area contributed by atoms with E-state index in [0.717, 1.165) is 6.54 Å². The molecule has 9 N–H and O–H groups in total. The van der Waals surface area contributed by atoms with Crippen molar-refractivity contribution in [3.63, 3.8) is 0 Å². The number of nitrogen functional groups attached to an aromatic ring is 4. The summed E-state index contributed by atoms with van der Waals surface area (Å²) in [6, 6.07) is 0.272. The number of morpholine rings is 7. The van der Waals surface area contributed by atoms with Crippen LogP contribution < -0.4 is 28.5 Å². The number of H-pyrrole nitrogens is 1. The number of nitrogens with two attached hydrogens (primary N) is 4. The molecular formula is C78H137N34O22P7. The number of anilines is 4. The van der Waals surface area contributed by atoms with Crippen molar-refractivity contribution in [3.8, 4) is 0 Å². The third-order valence-electron chi connectivity index (χ3n) is 25.5. The van der Waals surface area contributed by atoms with E-state index in [2.05, 4.69) is 78.6 Å². The van der Waals surface area contributed by atoms with Gasteiger partial charge < -0.3 is 87.8 Å². The molecular weight excluding hydrogens is 1980 g/mol. The third-order valence-corrected chi connectivity index (χ3v) is 43.6. The highest BCUT2D eigenvalue weighted by Gasteiger charge is 2.53. The number of rotatable bonds is 40. The van der Waals surface area contributed by atoms with Crippen LogP contribution in [0.1, 0.15) is 73.4 Å². The van der Waals surface area contributed by atoms with Crippen molar-refractivity contribution in [1.82, 2.24) is 144 Å². The fourth-order valence-corrected chi connectivity index (χ4v) is 32.3. The normalized spacial score (nSPS) is 28.5. The third kappa shape index (κ3) is 23.0. The Balaban J connectivity index is 0.661. The number of aromatic amines is 1. The summed E-state index contributed by atoms with van der Waals surface area (Å²) in [4.78, 5) is 66.6. The van der Waals surface area contributed by atoms with Gasteiger partial charge in [0, 0.05) is 77.1 Å². The molecule has 63 heteroatoms. The van der Waals surface area contributed by atoms with Gasteiger partial charge in [0.15, 0.2) is 45.6 Å². The first kappa shape index (κ1) is 109. The standard InChI is InChI=1S/C78H137N34O22P7/c1-50(2)102-22-52(5)128-55(25-102)37-122-136(115,96(10)11)103-23-53(6)129-56(26-103)38-123-138(117,98(14)15)106-30-60(133-63(33-106)110-47-90-67-71(80)84-44-87-74(67)110)41-126-141(120,101(20)21)107-29-59(132-64(34-107)111-48-91-68-72(81)85-45-88-75(68)111)40-125-137(116,97(12)13)104-24-54(7)130-57(27-104)39-124-139(118,99(16)17)108-31-61(134-65(35-108)112-49-92-69-76(112)93-78(82)94-77(69)113)42-127-140(119,100(18)19)105-28-58(36-121-135(114,51(3)4)95(8)9)131-62(32-105)109-46-89-66-70(79)83-43-86-73(66)109/h43-65H,22-42H2,1-21H3,(H2,79,83,86)(H2,80,84,87)(H2,81,85,88)(H3,82,93,94,113)/t52-,53-,54-,55-,56-,57-,58-,59-,60-,61-,62+,63+,64+,65+,135?,136?,137?,138?,139?,140?,141?/m0/s1. The number of ether oxygens (including phenoxy) is 7. The lowest BCUT2D eigenvalue weighted by atomic mass is 10.2. The number of nitrogens with one attached hydrogen (secondary N) is 1. The van der Waals surface area contributed by atoms with Gasteiger partial charge in [-0.2, -0.15) is 4.98 Å². The second kappa shape index (κ2) is 44.2. The summed E-state index contributed by atoms with van der Waals surface area (Å²) in [6.45, 7) is 12.2. The largest absolute Gasteiger partial charge is 0.382 e. The second-order valence-corrected chi connectivity index (χ2v) is 56.8. The average Bonchev–Trinajstić information content (AvgIpc) is 1.72. The molecule has 0 amide bonds. The summed E-state index contributed by atoms with van der Waals surface area (Å²) in [6.07, 6.45) is -1.85. The van der Waals surface area contributed by atoms with E-state index in [1.165, 1.54) is 72.2 Å². The topological polar surface area (TPSA) is 593 Å². The van der Waals surface area contributed by atoms with E-state index in [9.17, 15) is 9.36 Å². The van der Waals surface area contributed by atoms with Gasteiger partial charge in [-0.3, -0.25) is 64.9 Å². The predicted octanol–water partition coefficient (Wildman–Crippen LogP) is 4.74. The minimum absolute atomic E-state index is 0.0322. The summed E-state index contributed by atoms with van der Waals surface area (Å²) < 4.78 is 231. The molecule has 21 atom stereocenters. The molecule has 7 unspecified atom stereocenters. The Kier molecular flexibility index (Phi) is 34.2. The number of fused-ring (bicyclic) bond motifs is 4. The highest BCUT2D eigenvalue weighted by Crippen LogP contribution is 2.63. The summed E-state index contributed by atoms with van der Waals surface area (Å²) in [5.74, 6) is 0.0889. The molecule has 0 aliphatic carbocycles. The second-order valence-electron chi connectivity index (χ2n) is 38.0. The van der Waals surface area contributed by atoms with Crippen molar-refractivity contribution < 1.29 is 96.8 Å². The lowest BCUT2D eigenvalue weighted by Gasteiger charge is -2.46. The fraction of sp³-hybridized carbons (Fsp3) is 0.744. The molecule has 56 nitrogen and oxygen atoms in total. The Hall–Kier alpha value is -6.31. The number of hydrogen-bond acceptors (Lipinski definition) is 38. The predicted molar refractivity (Wildman–Crippen MR) is 522 cm³/mol. The van der Waals surface area contributed by atoms with Crippen molar-refractivity contribution in [1.29, 1.82) is 0 Å². The molecule has 0 saturated carbocycles. The molecule has 7 fully saturated rings. The van der Waals surface area contributed by atoms with Crippen LogP contribution in [0.15, 0.2) is 49.1 Å². The maximum Gasteiger partial charge on any atom is 0.345 e. The number of hydrogen-bond donors (Lipinski definition) is 5. The van der Waals surface area contributed by atoms with Crippen LogP contribution in [0.3, 0.4) is 0 Å². The summed E-state index contributed by atoms with van der Waals surface area (Å²) in [5.41, 5.74) is 25.8. The maximum absolute atomic E-state index is 16.6. The molecule has 15 heterocycles. The van der Waals surface area contributed by atoms with Gasteiger partial charge in [0.2, 0.25) is 5.95 Å². The maximum atomic E-state index is 16.6. The van der Waals surface area contributed by atoms with Crippen molar-refractivity contribution in [2.24, 2.45) is 0 Å². The summed E-state index contributed by atoms with van der Waals surface area (Å²) in [7, 11) is -5.65. The smallest absolute Gasteiger partial charge is 0.345 e. The molecule has 141 heavy (non-hydrogen) atoms. The zero-order chi connectivity index (χ0) is 102. The lowest BCUT2D eigenvalue weighted by molar-refractivity contribution is -0.127. The molecule has 0 bridgehead atoms. The van der Waals surface area contributed by atoms with Crippen LogP contribution in [0.25, 0.3) is 44.7 Å². The van der Waals surface area contributed by atoms with Gasteiger partial charge in [0.1, 0.15) is 60.4 Å². The summed E-state index contributed by atoms with van der Waals surface area (Å²) >= 11 is 0. The van der Waals surface area contributed by atoms with Gasteiger partial charge >= 0.3 is 46.0 Å². The minimum atomic E-state index is -4.34. The fourth-order valence-electron chi connectivity index (χ4n) is 18.3. The molecule has 786 valence electrons. The van der Waals surface area contributed by atoms with Gasteiger partial charge in [-0.25, -0.2) is 111 Å². The van der Waals surface area contributed by atoms with Gasteiger partial charge in [0.25, 0.3) is 13.1 Å². The molecule has 0 radical (unpaired) electrons. The van der Waals surface area contributed by atoms with Crippen LogP contribution in [0, 0.1) is 0 Å². The van der Waals surface area contributed by atoms with Crippen LogP contribution in [0.5, 0.6) is 0 Å². The Morgan fingerprint density at radius 3 is 0.865 bits per heavy atom. The van der Waals surface area contributed by atoms with Crippen LogP contribution in [-0.4, -0.2) is 453 Å². The van der Waals surface area contributed by atoms with E-state index in [1.807, 2.05) is 13.8 Å². The lowest BCUT2D eigenvalue weighted by Crippen LogP contribution is -2.51.